The smallest absolute Gasteiger partial charge is 0.254 e. The first-order chi connectivity index (χ1) is 10.0. The van der Waals surface area contributed by atoms with Crippen LogP contribution in [0.5, 0.6) is 0 Å². The van der Waals surface area contributed by atoms with Crippen molar-refractivity contribution in [2.75, 3.05) is 0 Å². The number of thiol groups is 1. The van der Waals surface area contributed by atoms with Crippen molar-refractivity contribution >= 4 is 126 Å². The van der Waals surface area contributed by atoms with E-state index in [2.05, 4.69) is 12.6 Å². The predicted octanol–water partition coefficient (Wildman–Crippen LogP) is 3.49. The van der Waals surface area contributed by atoms with E-state index in [-0.39, 0.29) is 29.6 Å². The molecule has 5 nitrogen and oxygen atoms in total. The summed E-state index contributed by atoms with van der Waals surface area (Å²) in [6.45, 7) is 0. The fourth-order valence-corrected chi connectivity index (χ4v) is 3.21. The molecule has 0 aliphatic rings. The van der Waals surface area contributed by atoms with Gasteiger partial charge in [0.2, 0.25) is 0 Å². The Hall–Kier alpha value is 0.370. The minimum Gasteiger partial charge on any atom is -0.276 e. The summed E-state index contributed by atoms with van der Waals surface area (Å²) in [5.74, 6) is 0. The first kappa shape index (κ1) is 23.4. The fourth-order valence-electron chi connectivity index (χ4n) is 1.71. The summed E-state index contributed by atoms with van der Waals surface area (Å²) in [5.41, 5.74) is -3.83. The molecule has 0 saturated carbocycles. The quantitative estimate of drug-likeness (QED) is 0.426. The maximum atomic E-state index is 11.6. The van der Waals surface area contributed by atoms with Crippen LogP contribution in [0.15, 0.2) is 4.90 Å². The van der Waals surface area contributed by atoms with E-state index in [0.717, 1.165) is 0 Å². The maximum absolute atomic E-state index is 11.6. The van der Waals surface area contributed by atoms with Gasteiger partial charge >= 0.3 is 0 Å². The van der Waals surface area contributed by atoms with E-state index in [1.54, 1.807) is 0 Å². The molecule has 1 aromatic carbocycles. The van der Waals surface area contributed by atoms with Crippen LogP contribution in [0.2, 0.25) is 0 Å². The molecule has 12 heteroatoms. The molecule has 0 heterocycles. The van der Waals surface area contributed by atoms with Crippen molar-refractivity contribution in [1.82, 2.24) is 0 Å². The molecule has 1 aromatic rings. The van der Waals surface area contributed by atoms with Crippen molar-refractivity contribution in [2.24, 2.45) is 0 Å². The number of rotatable bonds is 5. The summed E-state index contributed by atoms with van der Waals surface area (Å²) < 4.78 is 0. The standard InChI is InChI=1S/C11HCl5O5S.Na/c12-7(17)1-2(8(13)18)4(10(15)20)6(22)5(11(16)21)3(1)9(14)19;/h22H;. The molecule has 0 unspecified atom stereocenters. The summed E-state index contributed by atoms with van der Waals surface area (Å²) in [6, 6.07) is 0. The van der Waals surface area contributed by atoms with Crippen molar-refractivity contribution in [2.45, 2.75) is 4.90 Å². The van der Waals surface area contributed by atoms with Crippen LogP contribution in [0, 0.1) is 0 Å². The topological polar surface area (TPSA) is 85.3 Å². The fraction of sp³-hybridized carbons (Fsp3) is 0. The van der Waals surface area contributed by atoms with Gasteiger partial charge in [-0.05, 0) is 58.0 Å². The van der Waals surface area contributed by atoms with Gasteiger partial charge in [0, 0.05) is 34.5 Å². The van der Waals surface area contributed by atoms with Crippen LogP contribution in [0.25, 0.3) is 0 Å². The summed E-state index contributed by atoms with van der Waals surface area (Å²) in [6.07, 6.45) is 0. The van der Waals surface area contributed by atoms with Gasteiger partial charge in [-0.2, -0.15) is 0 Å². The van der Waals surface area contributed by atoms with Crippen LogP contribution in [-0.2, 0) is 0 Å². The molecular weight excluding hydrogens is 444 g/mol. The Bertz CT molecular complexity index is 711. The molecule has 23 heavy (non-hydrogen) atoms. The third kappa shape index (κ3) is 4.71. The Kier molecular flexibility index (Phi) is 9.32. The molecule has 0 atom stereocenters. The van der Waals surface area contributed by atoms with Crippen LogP contribution < -0.4 is 0 Å². The zero-order valence-corrected chi connectivity index (χ0v) is 17.6. The minimum atomic E-state index is -1.38. The van der Waals surface area contributed by atoms with Crippen LogP contribution >= 0.6 is 70.6 Å². The molecule has 117 valence electrons. The normalized spacial score (nSPS) is 9.83. The predicted molar refractivity (Wildman–Crippen MR) is 90.4 cm³/mol. The zero-order valence-electron chi connectivity index (χ0n) is 10.9. The number of benzene rings is 1. The monoisotopic (exact) mass is 443 g/mol. The molecule has 0 bridgehead atoms. The number of halogens is 5. The van der Waals surface area contributed by atoms with E-state index >= 15 is 0 Å². The van der Waals surface area contributed by atoms with Crippen LogP contribution in [0.1, 0.15) is 51.8 Å². The second-order valence-corrected chi connectivity index (χ2v) is 5.76. The molecule has 0 saturated heterocycles. The third-order valence-electron chi connectivity index (χ3n) is 2.46. The summed E-state index contributed by atoms with van der Waals surface area (Å²) in [5, 5.41) is -6.60. The average Bonchev–Trinajstić information content (AvgIpc) is 2.34. The van der Waals surface area contributed by atoms with Gasteiger partial charge in [0.15, 0.2) is 0 Å². The Morgan fingerprint density at radius 1 is 0.522 bits per heavy atom. The van der Waals surface area contributed by atoms with E-state index in [0.29, 0.717) is 0 Å². The zero-order chi connectivity index (χ0) is 17.4. The van der Waals surface area contributed by atoms with Gasteiger partial charge in [-0.15, -0.1) is 12.6 Å². The van der Waals surface area contributed by atoms with Crippen molar-refractivity contribution in [3.05, 3.63) is 27.8 Å². The second-order valence-electron chi connectivity index (χ2n) is 3.59. The number of carbonyl (C=O) groups excluding carboxylic acids is 5. The Morgan fingerprint density at radius 3 is 0.870 bits per heavy atom. The third-order valence-corrected chi connectivity index (χ3v) is 3.85. The second kappa shape index (κ2) is 9.17. The molecule has 1 radical (unpaired) electrons. The molecule has 0 aliphatic heterocycles. The van der Waals surface area contributed by atoms with E-state index in [1.807, 2.05) is 0 Å². The van der Waals surface area contributed by atoms with E-state index in [9.17, 15) is 24.0 Å². The number of hydrogen-bond donors (Lipinski definition) is 1. The van der Waals surface area contributed by atoms with E-state index in [4.69, 9.17) is 58.0 Å². The molecule has 1 rings (SSSR count). The summed E-state index contributed by atoms with van der Waals surface area (Å²) >= 11 is 30.4. The molecule has 0 spiro atoms. The van der Waals surface area contributed by atoms with Crippen molar-refractivity contribution in [3.8, 4) is 0 Å². The maximum Gasteiger partial charge on any atom is 0.254 e. The summed E-state index contributed by atoms with van der Waals surface area (Å²) in [4.78, 5) is 57.1. The molecule has 0 amide bonds. The molecule has 0 fully saturated rings. The van der Waals surface area contributed by atoms with Crippen LogP contribution in [-0.4, -0.2) is 55.8 Å². The van der Waals surface area contributed by atoms with E-state index in [1.165, 1.54) is 0 Å². The van der Waals surface area contributed by atoms with Gasteiger partial charge in [-0.3, -0.25) is 24.0 Å². The Morgan fingerprint density at radius 2 is 0.696 bits per heavy atom. The molecule has 0 N–H and O–H groups in total. The molecule has 0 aliphatic carbocycles. The average molecular weight is 445 g/mol. The minimum absolute atomic E-state index is 0. The van der Waals surface area contributed by atoms with Crippen molar-refractivity contribution < 1.29 is 24.0 Å². The van der Waals surface area contributed by atoms with Crippen LogP contribution in [0.3, 0.4) is 0 Å². The van der Waals surface area contributed by atoms with Crippen molar-refractivity contribution in [1.29, 1.82) is 0 Å². The Labute approximate surface area is 181 Å². The van der Waals surface area contributed by atoms with Gasteiger partial charge in [-0.25, -0.2) is 0 Å². The number of carbonyl (C=O) groups is 5. The largest absolute Gasteiger partial charge is 0.276 e. The van der Waals surface area contributed by atoms with Gasteiger partial charge in [0.25, 0.3) is 26.2 Å². The first-order valence-electron chi connectivity index (χ1n) is 4.94. The SMILES string of the molecule is O=C(Cl)c1c(S)c(C(=O)Cl)c(C(=O)Cl)c(C(=O)Cl)c1C(=O)Cl.[Na]. The van der Waals surface area contributed by atoms with Gasteiger partial charge in [-0.1, -0.05) is 0 Å². The Balaban J connectivity index is 0.00000484. The molecule has 0 aromatic heterocycles. The summed E-state index contributed by atoms with van der Waals surface area (Å²) in [7, 11) is 0. The van der Waals surface area contributed by atoms with Gasteiger partial charge in [0.1, 0.15) is 0 Å². The molecular formula is C11HCl5NaO5S. The first-order valence-corrected chi connectivity index (χ1v) is 7.28. The number of hydrogen-bond acceptors (Lipinski definition) is 6. The van der Waals surface area contributed by atoms with Gasteiger partial charge < -0.3 is 0 Å². The van der Waals surface area contributed by atoms with Gasteiger partial charge in [0.05, 0.1) is 27.8 Å². The van der Waals surface area contributed by atoms with Crippen LogP contribution in [0.4, 0.5) is 0 Å². The van der Waals surface area contributed by atoms with Crippen molar-refractivity contribution in [3.63, 3.8) is 0 Å². The van der Waals surface area contributed by atoms with E-state index < -0.39 is 58.9 Å².